The van der Waals surface area contributed by atoms with E-state index in [4.69, 9.17) is 11.1 Å². The molecule has 0 spiro atoms. The van der Waals surface area contributed by atoms with Gasteiger partial charge in [-0.05, 0) is 17.0 Å². The largest absolute Gasteiger partial charge is 0.370 e. The van der Waals surface area contributed by atoms with Crippen molar-refractivity contribution >= 4 is 11.9 Å². The van der Waals surface area contributed by atoms with Crippen LogP contribution in [-0.4, -0.2) is 11.9 Å². The second-order valence-corrected chi connectivity index (χ2v) is 4.99. The summed E-state index contributed by atoms with van der Waals surface area (Å²) in [6.45, 7) is 2.01. The second-order valence-electron chi connectivity index (χ2n) is 4.99. The molecule has 0 radical (unpaired) electrons. The maximum Gasteiger partial charge on any atom is 0.234 e. The van der Waals surface area contributed by atoms with Crippen molar-refractivity contribution < 1.29 is 4.79 Å². The summed E-state index contributed by atoms with van der Waals surface area (Å²) in [4.78, 5) is 12.4. The molecule has 2 atom stereocenters. The van der Waals surface area contributed by atoms with Crippen molar-refractivity contribution in [2.45, 2.75) is 18.8 Å². The molecule has 4 N–H and O–H groups in total. The molecule has 2 unspecified atom stereocenters. The van der Waals surface area contributed by atoms with Gasteiger partial charge in [0.2, 0.25) is 5.91 Å². The zero-order valence-corrected chi connectivity index (χ0v) is 11.9. The Morgan fingerprint density at radius 1 is 1.00 bits per heavy atom. The Hall–Kier alpha value is -2.62. The van der Waals surface area contributed by atoms with Crippen LogP contribution in [0.4, 0.5) is 0 Å². The summed E-state index contributed by atoms with van der Waals surface area (Å²) in [5.41, 5.74) is 7.28. The van der Waals surface area contributed by atoms with Crippen LogP contribution in [0, 0.1) is 5.41 Å². The molecule has 0 bridgehead atoms. The number of nitrogens with one attached hydrogen (secondary N) is 2. The van der Waals surface area contributed by atoms with E-state index in [1.165, 1.54) is 0 Å². The van der Waals surface area contributed by atoms with Crippen molar-refractivity contribution in [3.63, 3.8) is 0 Å². The van der Waals surface area contributed by atoms with Gasteiger partial charge in [-0.15, -0.1) is 0 Å². The molecule has 0 aromatic heterocycles. The first-order valence-electron chi connectivity index (χ1n) is 6.84. The third kappa shape index (κ3) is 3.69. The average molecular weight is 281 g/mol. The van der Waals surface area contributed by atoms with Gasteiger partial charge in [-0.25, -0.2) is 0 Å². The molecule has 108 valence electrons. The quantitative estimate of drug-likeness (QED) is 0.595. The SMILES string of the molecule is CC(c1ccccc1)C(C(=O)NC(=N)N)c1ccccc1. The van der Waals surface area contributed by atoms with Crippen molar-refractivity contribution in [2.75, 3.05) is 0 Å². The van der Waals surface area contributed by atoms with Gasteiger partial charge in [0.25, 0.3) is 0 Å². The highest BCUT2D eigenvalue weighted by molar-refractivity contribution is 5.98. The zero-order valence-electron chi connectivity index (χ0n) is 11.9. The molecular formula is C17H19N3O. The van der Waals surface area contributed by atoms with E-state index in [2.05, 4.69) is 5.32 Å². The Morgan fingerprint density at radius 2 is 1.48 bits per heavy atom. The van der Waals surface area contributed by atoms with E-state index in [0.717, 1.165) is 11.1 Å². The van der Waals surface area contributed by atoms with Crippen LogP contribution in [0.1, 0.15) is 29.9 Å². The lowest BCUT2D eigenvalue weighted by atomic mass is 9.82. The van der Waals surface area contributed by atoms with Gasteiger partial charge in [0.05, 0.1) is 5.92 Å². The summed E-state index contributed by atoms with van der Waals surface area (Å²) < 4.78 is 0. The molecule has 2 aromatic rings. The lowest BCUT2D eigenvalue weighted by molar-refractivity contribution is -0.121. The standard InChI is InChI=1S/C17H19N3O/c1-12(13-8-4-2-5-9-13)15(16(21)20-17(18)19)14-10-6-3-7-11-14/h2-12,15H,1H3,(H4,18,19,20,21). The highest BCUT2D eigenvalue weighted by Gasteiger charge is 2.28. The van der Waals surface area contributed by atoms with Gasteiger partial charge in [-0.2, -0.15) is 0 Å². The van der Waals surface area contributed by atoms with Crippen molar-refractivity contribution in [3.8, 4) is 0 Å². The minimum absolute atomic E-state index is 0.0204. The molecule has 0 saturated carbocycles. The summed E-state index contributed by atoms with van der Waals surface area (Å²) in [5, 5.41) is 9.69. The molecule has 2 rings (SSSR count). The minimum Gasteiger partial charge on any atom is -0.370 e. The molecule has 1 amide bonds. The molecule has 0 aliphatic rings. The smallest absolute Gasteiger partial charge is 0.234 e. The first-order valence-corrected chi connectivity index (χ1v) is 6.84. The van der Waals surface area contributed by atoms with Crippen LogP contribution in [0.3, 0.4) is 0 Å². The monoisotopic (exact) mass is 281 g/mol. The third-order valence-corrected chi connectivity index (χ3v) is 3.52. The Kier molecular flexibility index (Phi) is 4.72. The number of hydrogen-bond donors (Lipinski definition) is 3. The molecule has 0 fully saturated rings. The van der Waals surface area contributed by atoms with Crippen molar-refractivity contribution in [3.05, 3.63) is 71.8 Å². The Balaban J connectivity index is 2.36. The lowest BCUT2D eigenvalue weighted by Crippen LogP contribution is -2.40. The molecule has 4 heteroatoms. The van der Waals surface area contributed by atoms with E-state index in [1.807, 2.05) is 67.6 Å². The molecule has 0 aliphatic carbocycles. The molecule has 21 heavy (non-hydrogen) atoms. The Morgan fingerprint density at radius 3 is 1.95 bits per heavy atom. The van der Waals surface area contributed by atoms with E-state index < -0.39 is 5.92 Å². The normalized spacial score (nSPS) is 13.2. The van der Waals surface area contributed by atoms with Crippen LogP contribution in [0.15, 0.2) is 60.7 Å². The molecule has 0 saturated heterocycles. The number of benzene rings is 2. The molecule has 0 heterocycles. The summed E-state index contributed by atoms with van der Waals surface area (Å²) in [5.74, 6) is -1.00. The number of carbonyl (C=O) groups excluding carboxylic acids is 1. The van der Waals surface area contributed by atoms with E-state index in [0.29, 0.717) is 0 Å². The maximum absolute atomic E-state index is 12.4. The highest BCUT2D eigenvalue weighted by Crippen LogP contribution is 2.32. The summed E-state index contributed by atoms with van der Waals surface area (Å²) in [6.07, 6.45) is 0. The number of nitrogens with two attached hydrogens (primary N) is 1. The van der Waals surface area contributed by atoms with Crippen molar-refractivity contribution in [2.24, 2.45) is 5.73 Å². The second kappa shape index (κ2) is 6.70. The topological polar surface area (TPSA) is 79.0 Å². The van der Waals surface area contributed by atoms with Gasteiger partial charge in [-0.3, -0.25) is 15.5 Å². The van der Waals surface area contributed by atoms with E-state index in [9.17, 15) is 4.79 Å². The molecular weight excluding hydrogens is 262 g/mol. The van der Waals surface area contributed by atoms with Crippen LogP contribution >= 0.6 is 0 Å². The van der Waals surface area contributed by atoms with Gasteiger partial charge in [0, 0.05) is 0 Å². The summed E-state index contributed by atoms with van der Waals surface area (Å²) in [7, 11) is 0. The van der Waals surface area contributed by atoms with Gasteiger partial charge in [-0.1, -0.05) is 67.6 Å². The van der Waals surface area contributed by atoms with Gasteiger partial charge >= 0.3 is 0 Å². The molecule has 2 aromatic carbocycles. The predicted octanol–water partition coefficient (Wildman–Crippen LogP) is 2.58. The van der Waals surface area contributed by atoms with Crippen LogP contribution in [-0.2, 0) is 4.79 Å². The van der Waals surface area contributed by atoms with Crippen molar-refractivity contribution in [1.29, 1.82) is 5.41 Å². The molecule has 0 aliphatic heterocycles. The van der Waals surface area contributed by atoms with Crippen LogP contribution < -0.4 is 11.1 Å². The van der Waals surface area contributed by atoms with Crippen molar-refractivity contribution in [1.82, 2.24) is 5.32 Å². The maximum atomic E-state index is 12.4. The molecule has 4 nitrogen and oxygen atoms in total. The highest BCUT2D eigenvalue weighted by atomic mass is 16.2. The fourth-order valence-electron chi connectivity index (χ4n) is 2.49. The predicted molar refractivity (Wildman–Crippen MR) is 84.1 cm³/mol. The lowest BCUT2D eigenvalue weighted by Gasteiger charge is -2.24. The number of amides is 1. The zero-order chi connectivity index (χ0) is 15.2. The number of rotatable bonds is 4. The van der Waals surface area contributed by atoms with Gasteiger partial charge < -0.3 is 5.73 Å². The fraction of sp³-hybridized carbons (Fsp3) is 0.176. The third-order valence-electron chi connectivity index (χ3n) is 3.52. The van der Waals surface area contributed by atoms with Crippen LogP contribution in [0.25, 0.3) is 0 Å². The minimum atomic E-state index is -0.391. The average Bonchev–Trinajstić information content (AvgIpc) is 2.48. The van der Waals surface area contributed by atoms with E-state index in [-0.39, 0.29) is 17.8 Å². The number of carbonyl (C=O) groups is 1. The fourth-order valence-corrected chi connectivity index (χ4v) is 2.49. The first kappa shape index (κ1) is 14.8. The van der Waals surface area contributed by atoms with Gasteiger partial charge in [0.1, 0.15) is 0 Å². The Labute approximate surface area is 124 Å². The van der Waals surface area contributed by atoms with E-state index >= 15 is 0 Å². The van der Waals surface area contributed by atoms with Crippen LogP contribution in [0.5, 0.6) is 0 Å². The number of hydrogen-bond acceptors (Lipinski definition) is 2. The first-order chi connectivity index (χ1) is 10.1. The van der Waals surface area contributed by atoms with Crippen LogP contribution in [0.2, 0.25) is 0 Å². The summed E-state index contributed by atoms with van der Waals surface area (Å²) in [6, 6.07) is 19.4. The number of guanidine groups is 1. The summed E-state index contributed by atoms with van der Waals surface area (Å²) >= 11 is 0. The van der Waals surface area contributed by atoms with E-state index in [1.54, 1.807) is 0 Å². The Bertz CT molecular complexity index is 610. The van der Waals surface area contributed by atoms with Gasteiger partial charge in [0.15, 0.2) is 5.96 Å².